The fourth-order valence-corrected chi connectivity index (χ4v) is 9.30. The summed E-state index contributed by atoms with van der Waals surface area (Å²) in [5, 5.41) is 0. The Balaban J connectivity index is 1.37. The van der Waals surface area contributed by atoms with Crippen molar-refractivity contribution in [3.05, 3.63) is 11.6 Å². The van der Waals surface area contributed by atoms with Crippen LogP contribution < -0.4 is 0 Å². The van der Waals surface area contributed by atoms with Crippen LogP contribution in [0.5, 0.6) is 0 Å². The normalized spacial score (nSPS) is 38.7. The molecule has 0 radical (unpaired) electrons. The van der Waals surface area contributed by atoms with Gasteiger partial charge in [-0.2, -0.15) is 0 Å². The molecule has 0 N–H and O–H groups in total. The van der Waals surface area contributed by atoms with Crippen molar-refractivity contribution in [3.63, 3.8) is 0 Å². The van der Waals surface area contributed by atoms with Crippen LogP contribution in [0.25, 0.3) is 0 Å². The zero-order valence-corrected chi connectivity index (χ0v) is 24.6. The number of rotatable bonds is 9. The lowest BCUT2D eigenvalue weighted by atomic mass is 9.47. The standard InChI is InChI=1S/C33H56O3/c1-22(2)9-8-10-24(5)28-13-14-29-27-12-11-25-21-26(36-31(34)35-20-17-23(3)4)15-18-32(25,6)30(27)16-19-33(28,29)7/h11,22-24,26-30H,8-10,12-21H2,1-7H3/t24-,26+,27-,28+,29+,30-,32+,33-/m1/s1. The lowest BCUT2D eigenvalue weighted by Gasteiger charge is -2.58. The third-order valence-electron chi connectivity index (χ3n) is 11.4. The van der Waals surface area contributed by atoms with E-state index in [-0.39, 0.29) is 6.10 Å². The second-order valence-corrected chi connectivity index (χ2v) is 14.6. The summed E-state index contributed by atoms with van der Waals surface area (Å²) in [6.07, 6.45) is 17.2. The Morgan fingerprint density at radius 2 is 1.69 bits per heavy atom. The van der Waals surface area contributed by atoms with Crippen molar-refractivity contribution in [2.75, 3.05) is 6.61 Å². The third kappa shape index (κ3) is 5.70. The van der Waals surface area contributed by atoms with Crippen LogP contribution in [0.1, 0.15) is 126 Å². The molecule has 4 aliphatic carbocycles. The van der Waals surface area contributed by atoms with Crippen LogP contribution in [0, 0.1) is 52.3 Å². The highest BCUT2D eigenvalue weighted by Gasteiger charge is 2.59. The van der Waals surface area contributed by atoms with Crippen LogP contribution in [0.3, 0.4) is 0 Å². The van der Waals surface area contributed by atoms with Gasteiger partial charge in [0.2, 0.25) is 0 Å². The first-order valence-electron chi connectivity index (χ1n) is 15.6. The maximum Gasteiger partial charge on any atom is 0.508 e. The first-order valence-corrected chi connectivity index (χ1v) is 15.6. The number of allylic oxidation sites excluding steroid dienone is 1. The van der Waals surface area contributed by atoms with E-state index in [1.807, 2.05) is 0 Å². The van der Waals surface area contributed by atoms with Gasteiger partial charge in [-0.3, -0.25) is 0 Å². The molecule has 0 heterocycles. The molecule has 0 saturated heterocycles. The fourth-order valence-electron chi connectivity index (χ4n) is 9.30. The van der Waals surface area contributed by atoms with E-state index in [0.29, 0.717) is 23.4 Å². The topological polar surface area (TPSA) is 35.5 Å². The van der Waals surface area contributed by atoms with Gasteiger partial charge in [0.25, 0.3) is 0 Å². The van der Waals surface area contributed by atoms with E-state index in [9.17, 15) is 4.79 Å². The molecule has 0 unspecified atom stereocenters. The molecule has 3 fully saturated rings. The predicted molar refractivity (Wildman–Crippen MR) is 149 cm³/mol. The Bertz CT molecular complexity index is 784. The molecule has 0 aromatic rings. The molecule has 0 aromatic heterocycles. The lowest BCUT2D eigenvalue weighted by Crippen LogP contribution is -2.51. The fraction of sp³-hybridized carbons (Fsp3) is 0.909. The number of ether oxygens (including phenoxy) is 2. The van der Waals surface area contributed by atoms with Gasteiger partial charge >= 0.3 is 6.16 Å². The maximum atomic E-state index is 12.2. The molecule has 0 spiro atoms. The Morgan fingerprint density at radius 3 is 2.42 bits per heavy atom. The van der Waals surface area contributed by atoms with Crippen LogP contribution in [-0.2, 0) is 9.47 Å². The molecule has 3 heteroatoms. The number of hydrogen-bond donors (Lipinski definition) is 0. The number of carbonyl (C=O) groups is 1. The van der Waals surface area contributed by atoms with Crippen molar-refractivity contribution < 1.29 is 14.3 Å². The van der Waals surface area contributed by atoms with Crippen molar-refractivity contribution in [3.8, 4) is 0 Å². The molecule has 0 amide bonds. The van der Waals surface area contributed by atoms with Crippen LogP contribution >= 0.6 is 0 Å². The second kappa shape index (κ2) is 11.4. The van der Waals surface area contributed by atoms with Crippen LogP contribution in [-0.4, -0.2) is 18.9 Å². The van der Waals surface area contributed by atoms with E-state index < -0.39 is 6.16 Å². The molecule has 0 aromatic carbocycles. The summed E-state index contributed by atoms with van der Waals surface area (Å²) >= 11 is 0. The van der Waals surface area contributed by atoms with Crippen molar-refractivity contribution >= 4 is 6.16 Å². The average Bonchev–Trinajstić information content (AvgIpc) is 3.16. The summed E-state index contributed by atoms with van der Waals surface area (Å²) in [5.74, 6) is 5.71. The quantitative estimate of drug-likeness (QED) is 0.233. The van der Waals surface area contributed by atoms with Crippen molar-refractivity contribution in [1.82, 2.24) is 0 Å². The summed E-state index contributed by atoms with van der Waals surface area (Å²) in [5.41, 5.74) is 2.42. The Labute approximate surface area is 222 Å². The zero-order valence-electron chi connectivity index (χ0n) is 24.6. The zero-order chi connectivity index (χ0) is 26.1. The van der Waals surface area contributed by atoms with Crippen LogP contribution in [0.15, 0.2) is 11.6 Å². The van der Waals surface area contributed by atoms with Gasteiger partial charge < -0.3 is 9.47 Å². The van der Waals surface area contributed by atoms with Crippen molar-refractivity contribution in [2.24, 2.45) is 52.3 Å². The molecule has 4 rings (SSSR count). The molecule has 8 atom stereocenters. The second-order valence-electron chi connectivity index (χ2n) is 14.6. The van der Waals surface area contributed by atoms with Crippen LogP contribution in [0.4, 0.5) is 4.79 Å². The third-order valence-corrected chi connectivity index (χ3v) is 11.4. The van der Waals surface area contributed by atoms with Gasteiger partial charge in [0.1, 0.15) is 6.10 Å². The van der Waals surface area contributed by atoms with E-state index in [1.165, 1.54) is 51.4 Å². The van der Waals surface area contributed by atoms with Gasteiger partial charge in [-0.15, -0.1) is 0 Å². The van der Waals surface area contributed by atoms with Crippen molar-refractivity contribution in [1.29, 1.82) is 0 Å². The smallest absolute Gasteiger partial charge is 0.434 e. The monoisotopic (exact) mass is 500 g/mol. The predicted octanol–water partition coefficient (Wildman–Crippen LogP) is 9.60. The molecule has 36 heavy (non-hydrogen) atoms. The minimum atomic E-state index is -0.466. The number of carbonyl (C=O) groups excluding carboxylic acids is 1. The molecular weight excluding hydrogens is 444 g/mol. The maximum absolute atomic E-state index is 12.2. The van der Waals surface area contributed by atoms with Gasteiger partial charge in [0, 0.05) is 6.42 Å². The Hall–Kier alpha value is -0.990. The van der Waals surface area contributed by atoms with Gasteiger partial charge in [0.15, 0.2) is 0 Å². The van der Waals surface area contributed by atoms with E-state index in [1.54, 1.807) is 5.57 Å². The SMILES string of the molecule is CC(C)CCC[C@@H](C)[C@@H]1CC[C@H]2[C@H]3CC=C4C[C@@H](OC(=O)OCCC(C)C)CC[C@]4(C)[C@@H]3CC[C@@]21C. The lowest BCUT2D eigenvalue weighted by molar-refractivity contribution is -0.0618. The highest BCUT2D eigenvalue weighted by atomic mass is 16.7. The van der Waals surface area contributed by atoms with Crippen molar-refractivity contribution in [2.45, 2.75) is 132 Å². The van der Waals surface area contributed by atoms with E-state index >= 15 is 0 Å². The van der Waals surface area contributed by atoms with Gasteiger partial charge in [-0.05, 0) is 104 Å². The highest BCUT2D eigenvalue weighted by Crippen LogP contribution is 2.67. The van der Waals surface area contributed by atoms with Gasteiger partial charge in [-0.1, -0.05) is 79.4 Å². The number of hydrogen-bond acceptors (Lipinski definition) is 3. The Kier molecular flexibility index (Phi) is 8.88. The molecule has 3 saturated carbocycles. The van der Waals surface area contributed by atoms with Crippen LogP contribution in [0.2, 0.25) is 0 Å². The minimum Gasteiger partial charge on any atom is -0.434 e. The summed E-state index contributed by atoms with van der Waals surface area (Å²) in [7, 11) is 0. The molecule has 3 nitrogen and oxygen atoms in total. The van der Waals surface area contributed by atoms with Gasteiger partial charge in [0.05, 0.1) is 6.61 Å². The Morgan fingerprint density at radius 1 is 0.944 bits per heavy atom. The van der Waals surface area contributed by atoms with E-state index in [2.05, 4.69) is 54.5 Å². The minimum absolute atomic E-state index is 0.0103. The number of fused-ring (bicyclic) bond motifs is 5. The molecular formula is C33H56O3. The summed E-state index contributed by atoms with van der Waals surface area (Å²) in [6.45, 7) is 17.3. The molecule has 0 bridgehead atoms. The molecule has 4 aliphatic rings. The summed E-state index contributed by atoms with van der Waals surface area (Å²) < 4.78 is 11.1. The van der Waals surface area contributed by atoms with E-state index in [4.69, 9.17) is 9.47 Å². The molecule has 206 valence electrons. The summed E-state index contributed by atoms with van der Waals surface area (Å²) in [4.78, 5) is 12.2. The highest BCUT2D eigenvalue weighted by molar-refractivity contribution is 5.60. The van der Waals surface area contributed by atoms with Gasteiger partial charge in [-0.25, -0.2) is 4.79 Å². The first-order chi connectivity index (χ1) is 17.0. The average molecular weight is 501 g/mol. The molecule has 0 aliphatic heterocycles. The van der Waals surface area contributed by atoms with E-state index in [0.717, 1.165) is 61.2 Å². The first kappa shape index (κ1) is 28.0. The summed E-state index contributed by atoms with van der Waals surface area (Å²) in [6, 6.07) is 0. The largest absolute Gasteiger partial charge is 0.508 e.